The van der Waals surface area contributed by atoms with Crippen molar-refractivity contribution in [3.63, 3.8) is 0 Å². The first kappa shape index (κ1) is 9.01. The van der Waals surface area contributed by atoms with Gasteiger partial charge in [-0.2, -0.15) is 0 Å². The first-order chi connectivity index (χ1) is 5.08. The molecule has 1 saturated carbocycles. The molecule has 2 atom stereocenters. The van der Waals surface area contributed by atoms with Gasteiger partial charge in [0.2, 0.25) is 0 Å². The molecule has 1 aliphatic rings. The lowest BCUT2D eigenvalue weighted by molar-refractivity contribution is -0.133. The zero-order valence-corrected chi connectivity index (χ0v) is 7.43. The molecule has 1 aliphatic carbocycles. The van der Waals surface area contributed by atoms with Crippen LogP contribution in [0.4, 0.5) is 0 Å². The Morgan fingerprint density at radius 3 is 1.64 bits per heavy atom. The van der Waals surface area contributed by atoms with Crippen molar-refractivity contribution in [1.82, 2.24) is 0 Å². The Kier molecular flexibility index (Phi) is 2.26. The van der Waals surface area contributed by atoms with Gasteiger partial charge in [-0.05, 0) is 32.1 Å². The Morgan fingerprint density at radius 2 is 1.36 bits per heavy atom. The Bertz CT molecular complexity index is 130. The van der Waals surface area contributed by atoms with Crippen molar-refractivity contribution in [3.8, 4) is 0 Å². The Balaban J connectivity index is 2.79. The van der Waals surface area contributed by atoms with E-state index in [0.29, 0.717) is 12.8 Å². The van der Waals surface area contributed by atoms with Crippen molar-refractivity contribution in [1.29, 1.82) is 0 Å². The molecule has 11 heavy (non-hydrogen) atoms. The number of rotatable bonds is 2. The molecule has 0 saturated heterocycles. The average molecular weight is 158 g/mol. The molecule has 1 fully saturated rings. The lowest BCUT2D eigenvalue weighted by Gasteiger charge is -2.36. The molecule has 0 radical (unpaired) electrons. The minimum absolute atomic E-state index is 0.664. The highest BCUT2D eigenvalue weighted by atomic mass is 16.4. The molecule has 0 amide bonds. The van der Waals surface area contributed by atoms with Crippen molar-refractivity contribution in [2.24, 2.45) is 0 Å². The molecule has 1 rings (SSSR count). The maximum atomic E-state index is 9.97. The molecule has 0 aromatic rings. The van der Waals surface area contributed by atoms with Gasteiger partial charge in [0.15, 0.2) is 0 Å². The Morgan fingerprint density at radius 1 is 1.00 bits per heavy atom. The summed E-state index contributed by atoms with van der Waals surface area (Å²) in [6, 6.07) is 0. The van der Waals surface area contributed by atoms with Crippen molar-refractivity contribution >= 4 is 0 Å². The molecule has 66 valence electrons. The number of aliphatic hydroxyl groups is 2. The molecule has 2 unspecified atom stereocenters. The lowest BCUT2D eigenvalue weighted by atomic mass is 9.82. The highest BCUT2D eigenvalue weighted by Gasteiger charge is 2.50. The summed E-state index contributed by atoms with van der Waals surface area (Å²) < 4.78 is 0. The standard InChI is InChI=1S/C9H18O2/c1-3-8(10)6-5-7-9(8,11)4-2/h10-11H,3-7H2,1-2H3. The van der Waals surface area contributed by atoms with Gasteiger partial charge in [-0.1, -0.05) is 13.8 Å². The summed E-state index contributed by atoms with van der Waals surface area (Å²) in [5.74, 6) is 0. The average Bonchev–Trinajstić information content (AvgIpc) is 2.31. The van der Waals surface area contributed by atoms with Crippen LogP contribution in [0.1, 0.15) is 46.0 Å². The maximum absolute atomic E-state index is 9.97. The van der Waals surface area contributed by atoms with Gasteiger partial charge in [0.05, 0.1) is 11.2 Å². The minimum atomic E-state index is -0.804. The predicted molar refractivity (Wildman–Crippen MR) is 44.3 cm³/mol. The first-order valence-electron chi connectivity index (χ1n) is 4.53. The summed E-state index contributed by atoms with van der Waals surface area (Å²) >= 11 is 0. The van der Waals surface area contributed by atoms with E-state index in [4.69, 9.17) is 0 Å². The third-order valence-corrected chi connectivity index (χ3v) is 3.22. The van der Waals surface area contributed by atoms with E-state index >= 15 is 0 Å². The fourth-order valence-corrected chi connectivity index (χ4v) is 2.15. The van der Waals surface area contributed by atoms with Crippen LogP contribution in [0.25, 0.3) is 0 Å². The highest BCUT2D eigenvalue weighted by Crippen LogP contribution is 2.43. The van der Waals surface area contributed by atoms with Crippen LogP contribution in [0.3, 0.4) is 0 Å². The van der Waals surface area contributed by atoms with Gasteiger partial charge >= 0.3 is 0 Å². The first-order valence-corrected chi connectivity index (χ1v) is 4.53. The molecule has 2 N–H and O–H groups in total. The molecule has 0 spiro atoms. The van der Waals surface area contributed by atoms with Crippen LogP contribution in [-0.2, 0) is 0 Å². The van der Waals surface area contributed by atoms with Gasteiger partial charge < -0.3 is 10.2 Å². The second-order valence-corrected chi connectivity index (χ2v) is 3.62. The summed E-state index contributed by atoms with van der Waals surface area (Å²) in [6.45, 7) is 3.87. The maximum Gasteiger partial charge on any atom is 0.0930 e. The van der Waals surface area contributed by atoms with E-state index in [1.165, 1.54) is 0 Å². The highest BCUT2D eigenvalue weighted by molar-refractivity contribution is 5.03. The van der Waals surface area contributed by atoms with Gasteiger partial charge in [0.25, 0.3) is 0 Å². The summed E-state index contributed by atoms with van der Waals surface area (Å²) in [6.07, 6.45) is 3.80. The molecular formula is C9H18O2. The number of hydrogen-bond acceptors (Lipinski definition) is 2. The zero-order valence-electron chi connectivity index (χ0n) is 7.43. The van der Waals surface area contributed by atoms with Gasteiger partial charge in [-0.15, -0.1) is 0 Å². The second kappa shape index (κ2) is 2.76. The SMILES string of the molecule is CCC1(O)CCCC1(O)CC. The smallest absolute Gasteiger partial charge is 0.0930 e. The quantitative estimate of drug-likeness (QED) is 0.638. The van der Waals surface area contributed by atoms with Gasteiger partial charge in [0.1, 0.15) is 0 Å². The molecule has 0 aromatic heterocycles. The van der Waals surface area contributed by atoms with Crippen molar-refractivity contribution < 1.29 is 10.2 Å². The molecule has 2 nitrogen and oxygen atoms in total. The van der Waals surface area contributed by atoms with E-state index in [-0.39, 0.29) is 0 Å². The van der Waals surface area contributed by atoms with Crippen molar-refractivity contribution in [3.05, 3.63) is 0 Å². The van der Waals surface area contributed by atoms with Crippen LogP contribution in [0.2, 0.25) is 0 Å². The van der Waals surface area contributed by atoms with E-state index in [9.17, 15) is 10.2 Å². The molecule has 0 aliphatic heterocycles. The topological polar surface area (TPSA) is 40.5 Å². The monoisotopic (exact) mass is 158 g/mol. The Hall–Kier alpha value is -0.0800. The fraction of sp³-hybridized carbons (Fsp3) is 1.00. The van der Waals surface area contributed by atoms with E-state index in [0.717, 1.165) is 19.3 Å². The summed E-state index contributed by atoms with van der Waals surface area (Å²) in [5, 5.41) is 19.9. The summed E-state index contributed by atoms with van der Waals surface area (Å²) in [5.41, 5.74) is -1.61. The van der Waals surface area contributed by atoms with Crippen molar-refractivity contribution in [2.75, 3.05) is 0 Å². The summed E-state index contributed by atoms with van der Waals surface area (Å²) in [7, 11) is 0. The largest absolute Gasteiger partial charge is 0.387 e. The molecular weight excluding hydrogens is 140 g/mol. The molecule has 2 heteroatoms. The van der Waals surface area contributed by atoms with E-state index in [1.807, 2.05) is 13.8 Å². The summed E-state index contributed by atoms with van der Waals surface area (Å²) in [4.78, 5) is 0. The van der Waals surface area contributed by atoms with Gasteiger partial charge in [0, 0.05) is 0 Å². The fourth-order valence-electron chi connectivity index (χ4n) is 2.15. The van der Waals surface area contributed by atoms with Crippen LogP contribution in [-0.4, -0.2) is 21.4 Å². The van der Waals surface area contributed by atoms with E-state index < -0.39 is 11.2 Å². The number of hydrogen-bond donors (Lipinski definition) is 2. The van der Waals surface area contributed by atoms with Crippen LogP contribution in [0.15, 0.2) is 0 Å². The van der Waals surface area contributed by atoms with Gasteiger partial charge in [-0.25, -0.2) is 0 Å². The lowest BCUT2D eigenvalue weighted by Crippen LogP contribution is -2.48. The van der Waals surface area contributed by atoms with E-state index in [1.54, 1.807) is 0 Å². The van der Waals surface area contributed by atoms with Crippen LogP contribution in [0.5, 0.6) is 0 Å². The normalized spacial score (nSPS) is 44.7. The van der Waals surface area contributed by atoms with Crippen molar-refractivity contribution in [2.45, 2.75) is 57.2 Å². The minimum Gasteiger partial charge on any atom is -0.387 e. The van der Waals surface area contributed by atoms with Crippen LogP contribution in [0, 0.1) is 0 Å². The zero-order chi connectivity index (χ0) is 8.54. The molecule has 0 bridgehead atoms. The molecule has 0 aromatic carbocycles. The second-order valence-electron chi connectivity index (χ2n) is 3.62. The molecule has 0 heterocycles. The van der Waals surface area contributed by atoms with Crippen LogP contribution >= 0.6 is 0 Å². The Labute approximate surface area is 68.2 Å². The van der Waals surface area contributed by atoms with E-state index in [2.05, 4.69) is 0 Å². The third kappa shape index (κ3) is 1.18. The van der Waals surface area contributed by atoms with Gasteiger partial charge in [-0.3, -0.25) is 0 Å². The predicted octanol–water partition coefficient (Wildman–Crippen LogP) is 1.45. The third-order valence-electron chi connectivity index (χ3n) is 3.22. The van der Waals surface area contributed by atoms with Crippen LogP contribution < -0.4 is 0 Å².